The summed E-state index contributed by atoms with van der Waals surface area (Å²) in [6.45, 7) is 9.22. The lowest BCUT2D eigenvalue weighted by Crippen LogP contribution is -2.46. The minimum absolute atomic E-state index is 0.191. The van der Waals surface area contributed by atoms with Crippen LogP contribution in [0.15, 0.2) is 48.8 Å². The van der Waals surface area contributed by atoms with Gasteiger partial charge in [-0.2, -0.15) is 10.2 Å². The summed E-state index contributed by atoms with van der Waals surface area (Å²) in [4.78, 5) is 42.3. The third kappa shape index (κ3) is 7.49. The fourth-order valence-corrected chi connectivity index (χ4v) is 6.32. The summed E-state index contributed by atoms with van der Waals surface area (Å²) in [5, 5.41) is 6.90. The van der Waals surface area contributed by atoms with Crippen LogP contribution in [0.3, 0.4) is 0 Å². The van der Waals surface area contributed by atoms with Gasteiger partial charge in [0.15, 0.2) is 18.0 Å². The Labute approximate surface area is 266 Å². The largest absolute Gasteiger partial charge is 0.468 e. The van der Waals surface area contributed by atoms with Gasteiger partial charge in [0, 0.05) is 0 Å². The van der Waals surface area contributed by atoms with Crippen LogP contribution in [0.2, 0.25) is 0 Å². The zero-order valence-electron chi connectivity index (χ0n) is 26.7. The Morgan fingerprint density at radius 2 is 1.67 bits per heavy atom. The molecule has 1 saturated heterocycles. The number of nitrogen functional groups attached to an aromatic ring is 1. The number of fused-ring (bicyclic) bond motifs is 1. The van der Waals surface area contributed by atoms with E-state index in [1.807, 2.05) is 0 Å². The third-order valence-electron chi connectivity index (χ3n) is 7.32. The van der Waals surface area contributed by atoms with Gasteiger partial charge in [0.2, 0.25) is 0 Å². The van der Waals surface area contributed by atoms with Crippen LogP contribution in [0.5, 0.6) is 5.75 Å². The molecule has 3 N–H and O–H groups in total. The van der Waals surface area contributed by atoms with Gasteiger partial charge in [0.25, 0.3) is 0 Å². The van der Waals surface area contributed by atoms with E-state index < -0.39 is 74.1 Å². The van der Waals surface area contributed by atoms with Crippen molar-refractivity contribution in [3.8, 4) is 5.75 Å². The van der Waals surface area contributed by atoms with Gasteiger partial charge in [-0.3, -0.25) is 18.9 Å². The van der Waals surface area contributed by atoms with Crippen LogP contribution < -0.4 is 15.3 Å². The predicted octanol–water partition coefficient (Wildman–Crippen LogP) is 3.42. The second-order valence-electron chi connectivity index (χ2n) is 11.6. The molecule has 1 aromatic carbocycles. The summed E-state index contributed by atoms with van der Waals surface area (Å²) in [7, 11) is -3.14. The molecule has 1 unspecified atom stereocenters. The minimum atomic E-state index is -4.33. The second-order valence-corrected chi connectivity index (χ2v) is 13.3. The van der Waals surface area contributed by atoms with E-state index in [2.05, 4.69) is 15.2 Å². The topological polar surface area (TPSA) is 192 Å². The molecule has 0 saturated carbocycles. The zero-order valence-corrected chi connectivity index (χ0v) is 27.6. The summed E-state index contributed by atoms with van der Waals surface area (Å²) in [5.74, 6) is -2.58. The maximum Gasteiger partial charge on any atom is 0.459 e. The lowest BCUT2D eigenvalue weighted by molar-refractivity contribution is -0.175. The maximum atomic E-state index is 14.1. The van der Waals surface area contributed by atoms with Crippen molar-refractivity contribution in [2.24, 2.45) is 11.8 Å². The average Bonchev–Trinajstić information content (AvgIpc) is 3.57. The summed E-state index contributed by atoms with van der Waals surface area (Å²) in [6.07, 6.45) is -2.35. The van der Waals surface area contributed by atoms with Crippen molar-refractivity contribution in [1.82, 2.24) is 19.7 Å². The highest BCUT2D eigenvalue weighted by atomic mass is 31.2. The van der Waals surface area contributed by atoms with E-state index >= 15 is 0 Å². The van der Waals surface area contributed by atoms with Crippen molar-refractivity contribution in [2.45, 2.75) is 71.5 Å². The van der Waals surface area contributed by atoms with Gasteiger partial charge in [-0.1, -0.05) is 45.9 Å². The van der Waals surface area contributed by atoms with E-state index in [4.69, 9.17) is 33.7 Å². The molecule has 1 fully saturated rings. The Morgan fingerprint density at radius 3 is 2.30 bits per heavy atom. The normalized spacial score (nSPS) is 23.2. The first-order valence-electron chi connectivity index (χ1n) is 14.7. The van der Waals surface area contributed by atoms with E-state index in [0.717, 1.165) is 0 Å². The Bertz CT molecular complexity index is 1600. The van der Waals surface area contributed by atoms with Crippen molar-refractivity contribution < 1.29 is 46.9 Å². The lowest BCUT2D eigenvalue weighted by Gasteiger charge is -2.31. The maximum absolute atomic E-state index is 14.1. The monoisotopic (exact) mass is 661 g/mol. The third-order valence-corrected chi connectivity index (χ3v) is 8.96. The molecular formula is C30H40N5O10P. The van der Waals surface area contributed by atoms with Crippen LogP contribution in [-0.4, -0.2) is 70.6 Å². The minimum Gasteiger partial charge on any atom is -0.468 e. The summed E-state index contributed by atoms with van der Waals surface area (Å²) in [6, 6.07) is 10.5. The first-order valence-corrected chi connectivity index (χ1v) is 16.3. The first-order chi connectivity index (χ1) is 21.7. The highest BCUT2D eigenvalue weighted by Crippen LogP contribution is 2.48. The molecule has 1 aliphatic rings. The Kier molecular flexibility index (Phi) is 10.7. The molecule has 46 heavy (non-hydrogen) atoms. The molecule has 2 aromatic heterocycles. The summed E-state index contributed by atoms with van der Waals surface area (Å²) < 4.78 is 50.4. The Hall–Kier alpha value is -4.04. The van der Waals surface area contributed by atoms with Crippen LogP contribution in [0, 0.1) is 11.8 Å². The summed E-state index contributed by atoms with van der Waals surface area (Å²) >= 11 is 0. The van der Waals surface area contributed by atoms with Gasteiger partial charge < -0.3 is 29.2 Å². The molecular weight excluding hydrogens is 621 g/mol. The van der Waals surface area contributed by atoms with E-state index in [1.54, 1.807) is 77.1 Å². The van der Waals surface area contributed by atoms with Crippen LogP contribution in [0.4, 0.5) is 5.82 Å². The second kappa shape index (κ2) is 14.2. The van der Waals surface area contributed by atoms with Gasteiger partial charge >= 0.3 is 25.7 Å². The number of nitrogens with one attached hydrogen (secondary N) is 1. The Morgan fingerprint density at radius 1 is 1.02 bits per heavy atom. The number of nitrogens with two attached hydrogens (primary N) is 1. The van der Waals surface area contributed by atoms with Crippen molar-refractivity contribution >= 4 is 37.0 Å². The fraction of sp³-hybridized carbons (Fsp3) is 0.500. The number of nitrogens with zero attached hydrogens (tertiary/aromatic N) is 3. The Balaban J connectivity index is 1.76. The molecule has 0 radical (unpaired) electrons. The average molecular weight is 662 g/mol. The highest BCUT2D eigenvalue weighted by Gasteiger charge is 2.59. The molecule has 16 heteroatoms. The lowest BCUT2D eigenvalue weighted by atomic mass is 9.92. The SMILES string of the molecule is COC(=O)[C@H](C)NP(=O)(OC[C@H]1O[C@@](C)(c2ccc3c(N)ncnn23)[C@H](OC(=O)C(C)C)[C@@H]1OC(=O)C(C)C)Oc1ccccc1. The molecule has 0 aliphatic carbocycles. The molecule has 15 nitrogen and oxygen atoms in total. The van der Waals surface area contributed by atoms with E-state index in [-0.39, 0.29) is 11.6 Å². The predicted molar refractivity (Wildman–Crippen MR) is 164 cm³/mol. The van der Waals surface area contributed by atoms with Crippen molar-refractivity contribution in [1.29, 1.82) is 0 Å². The standard InChI is InChI=1S/C30H40N5O10P/c1-17(2)27(36)42-24-22(15-41-46(39,34-19(5)29(38)40-7)45-20-11-9-8-10-12-20)44-30(6,25(24)43-28(37)18(3)4)23-14-13-21-26(31)32-16-33-35(21)23/h8-14,16-19,22,24-25H,15H2,1-7H3,(H,34,39)(H2,31,32,33)/t19-,22+,24+,25+,30-,46?/m0/s1. The van der Waals surface area contributed by atoms with E-state index in [0.29, 0.717) is 11.2 Å². The first kappa shape index (κ1) is 34.8. The smallest absolute Gasteiger partial charge is 0.459 e. The molecule has 1 aliphatic heterocycles. The quantitative estimate of drug-likeness (QED) is 0.154. The van der Waals surface area contributed by atoms with Crippen molar-refractivity contribution in [2.75, 3.05) is 19.5 Å². The number of para-hydroxylation sites is 1. The van der Waals surface area contributed by atoms with Crippen molar-refractivity contribution in [3.63, 3.8) is 0 Å². The summed E-state index contributed by atoms with van der Waals surface area (Å²) in [5.41, 5.74) is 5.46. The molecule has 0 amide bonds. The molecule has 4 rings (SSSR count). The zero-order chi connectivity index (χ0) is 33.8. The van der Waals surface area contributed by atoms with E-state index in [9.17, 15) is 18.9 Å². The highest BCUT2D eigenvalue weighted by molar-refractivity contribution is 7.52. The molecule has 0 spiro atoms. The fourth-order valence-electron chi connectivity index (χ4n) is 4.82. The molecule has 3 aromatic rings. The van der Waals surface area contributed by atoms with Crippen LogP contribution in [0.1, 0.15) is 47.2 Å². The molecule has 0 bridgehead atoms. The van der Waals surface area contributed by atoms with Crippen LogP contribution in [-0.2, 0) is 48.0 Å². The van der Waals surface area contributed by atoms with E-state index in [1.165, 1.54) is 24.9 Å². The number of benzene rings is 1. The number of methoxy groups -OCH3 is 1. The molecule has 3 heterocycles. The van der Waals surface area contributed by atoms with Gasteiger partial charge in [-0.15, -0.1) is 0 Å². The number of hydrogen-bond acceptors (Lipinski definition) is 13. The number of anilines is 1. The van der Waals surface area contributed by atoms with Gasteiger partial charge in [0.05, 0.1) is 31.2 Å². The molecule has 6 atom stereocenters. The van der Waals surface area contributed by atoms with Crippen LogP contribution in [0.25, 0.3) is 5.52 Å². The number of carbonyl (C=O) groups excluding carboxylic acids is 3. The molecule has 250 valence electrons. The number of esters is 3. The number of aromatic nitrogens is 3. The number of carbonyl (C=O) groups is 3. The number of rotatable bonds is 13. The van der Waals surface area contributed by atoms with Gasteiger partial charge in [-0.25, -0.2) is 14.1 Å². The van der Waals surface area contributed by atoms with Crippen LogP contribution >= 0.6 is 7.75 Å². The van der Waals surface area contributed by atoms with Gasteiger partial charge in [-0.05, 0) is 38.1 Å². The number of ether oxygens (including phenoxy) is 4. The number of hydrogen-bond donors (Lipinski definition) is 2. The van der Waals surface area contributed by atoms with Crippen molar-refractivity contribution in [3.05, 3.63) is 54.5 Å². The van der Waals surface area contributed by atoms with Gasteiger partial charge in [0.1, 0.15) is 35.3 Å².